The lowest BCUT2D eigenvalue weighted by Crippen LogP contribution is -2.51. The van der Waals surface area contributed by atoms with Crippen LogP contribution in [0.1, 0.15) is 116 Å². The van der Waals surface area contributed by atoms with Gasteiger partial charge in [0.25, 0.3) is 11.8 Å². The van der Waals surface area contributed by atoms with Gasteiger partial charge in [-0.05, 0) is 137 Å². The zero-order chi connectivity index (χ0) is 87.1. The number of unbranched alkanes of at least 4 members (excludes halogenated alkanes) is 2. The second kappa shape index (κ2) is 44.7. The first kappa shape index (κ1) is 91.1. The smallest absolute Gasteiger partial charge is 0.490 e. The molecule has 4 aromatic carbocycles. The summed E-state index contributed by atoms with van der Waals surface area (Å²) in [6.45, 7) is 2.28. The van der Waals surface area contributed by atoms with Gasteiger partial charge in [0, 0.05) is 117 Å². The van der Waals surface area contributed by atoms with Crippen molar-refractivity contribution in [3.63, 3.8) is 0 Å². The minimum Gasteiger partial charge on any atom is -0.490 e. The predicted octanol–water partition coefficient (Wildman–Crippen LogP) is 13.6. The molecule has 1 fully saturated rings. The number of aryl methyl sites for hydroxylation is 1. The Morgan fingerprint density at radius 2 is 1.11 bits per heavy atom. The number of aromatic nitrogens is 3. The van der Waals surface area contributed by atoms with E-state index in [1.165, 1.54) is 0 Å². The molecule has 120 heavy (non-hydrogen) atoms. The molecule has 4 amide bonds. The maximum absolute atomic E-state index is 16.0. The lowest BCUT2D eigenvalue weighted by atomic mass is 9.56. The molecule has 25 nitrogen and oxygen atoms in total. The van der Waals surface area contributed by atoms with Gasteiger partial charge >= 0.3 is 38.0 Å². The van der Waals surface area contributed by atoms with E-state index >= 15 is 17.3 Å². The summed E-state index contributed by atoms with van der Waals surface area (Å²) in [4.78, 5) is 78.9. The second-order valence-electron chi connectivity index (χ2n) is 29.2. The fraction of sp³-hybridized carbons (Fsp3) is 0.388. The van der Waals surface area contributed by atoms with Crippen LogP contribution >= 0.6 is 0 Å². The summed E-state index contributed by atoms with van der Waals surface area (Å²) in [6.07, 6.45) is 15.3. The van der Waals surface area contributed by atoms with Crippen LogP contribution in [0.25, 0.3) is 27.6 Å². The highest BCUT2D eigenvalue weighted by Gasteiger charge is 2.58. The number of alkyl carbamates (subject to hydrolysis) is 1. The Morgan fingerprint density at radius 3 is 1.62 bits per heavy atom. The number of rotatable bonds is 37. The zero-order valence-electron chi connectivity index (χ0n) is 67.8. The van der Waals surface area contributed by atoms with E-state index in [9.17, 15) is 51.7 Å². The van der Waals surface area contributed by atoms with E-state index in [-0.39, 0.29) is 63.3 Å². The molecule has 0 radical (unpaired) electrons. The van der Waals surface area contributed by atoms with Crippen LogP contribution in [-0.4, -0.2) is 215 Å². The molecule has 35 heteroatoms. The molecule has 0 saturated carbocycles. The Labute approximate surface area is 690 Å². The number of carbonyl (C=O) groups excluding carboxylic acids is 5. The van der Waals surface area contributed by atoms with Gasteiger partial charge in [-0.25, -0.2) is 14.4 Å². The fourth-order valence-electron chi connectivity index (χ4n) is 13.8. The number of hydrogen-bond donors (Lipinski definition) is 7. The number of amides is 4. The number of allylic oxidation sites excluding steroid dienone is 9. The highest BCUT2D eigenvalue weighted by atomic mass is 19.4. The number of carboxylic acids is 1. The molecule has 13 rings (SSSR count). The number of carbonyl (C=O) groups is 6. The van der Waals surface area contributed by atoms with Gasteiger partial charge in [-0.1, -0.05) is 96.1 Å². The van der Waals surface area contributed by atoms with Crippen LogP contribution in [0.5, 0.6) is 11.5 Å². The van der Waals surface area contributed by atoms with Gasteiger partial charge < -0.3 is 105 Å². The van der Waals surface area contributed by atoms with Crippen molar-refractivity contribution in [2.75, 3.05) is 86.3 Å². The average Bonchev–Trinajstić information content (AvgIpc) is 1.58. The maximum atomic E-state index is 16.0. The standard InChI is InChI=1S/C37H42BF2N3O5.C25H37NO6.C20H17BF2N4O4.C2HF3O2.CH3F/c39-38(40)37-28(13-14-29(37)25-30-16-17-34(43(30)38)33-11-6-19-41-33)15-18-36(45)42-20-22-47-24-23-46-21-4-3-9-31(44)26-48-35-12-5-8-27-7-1-2-10-32(27)35;1-25(2,3)32-24(28)26-14-16-30-18-17-29-15-7-6-11-21(27)19-31-23-13-8-10-20-9-4-5-12-22(20)23;22-21(23)25-13(6-10-20(30)31-27-18(28)8-9-19(27)29)3-4-14(25)12-15-5-7-17(26(15)21)16-2-1-11-24-16;3-2(4,5)1(6)7;1-2/h1-2,5-8,10-14,16-17,19,25,31,37,41,44H,3-4,9,15,18,20-24,26H2,(H,42,45);4-5,8-10,12-13,21,27H,6-7,11,14-19H2,1-3H3,(H,26,28);1-5,7,11-12,24H,6,8-10H2;(H,6,7);1H3/t31-,37?;21-;;;/m00.../s1/i;;;;1D. The van der Waals surface area contributed by atoms with E-state index < -0.39 is 80.6 Å². The third-order valence-electron chi connectivity index (χ3n) is 19.3. The van der Waals surface area contributed by atoms with Crippen molar-refractivity contribution in [2.45, 2.75) is 128 Å². The number of ether oxygens (including phenoxy) is 7. The summed E-state index contributed by atoms with van der Waals surface area (Å²) in [6, 6.07) is 38.1. The van der Waals surface area contributed by atoms with Crippen molar-refractivity contribution < 1.29 is 127 Å². The van der Waals surface area contributed by atoms with Gasteiger partial charge in [0.05, 0.1) is 66.8 Å². The predicted molar refractivity (Wildman–Crippen MR) is 435 cm³/mol. The summed E-state index contributed by atoms with van der Waals surface area (Å²) in [7, 11) is -1.00. The Hall–Kier alpha value is -11.2. The lowest BCUT2D eigenvalue weighted by Gasteiger charge is -2.34. The number of hydrogen-bond acceptors (Lipinski definition) is 16. The SMILES string of the molecule is CC(C)(C)OC(=O)NCCOCCOCCCC[C@H](O)COc1cccc2ccccc12.O=C(CCC1=CC=C2C=C3C=CC(c4ccc[nH]4)=[N+]3[B-](F)(F)C21)NCCOCCOCCCC[C@H](O)COc1cccc2ccccc12.O=C(CCc1ccc2n1[B-](F)(F)[N+]1=C(c3ccc[nH]3)C=CC1=C2)ON1C(=O)CCC1=O.O=C(O)C(F)(F)F.[2H]CF. The van der Waals surface area contributed by atoms with Crippen molar-refractivity contribution >= 4 is 88.6 Å². The molecular weight excluding hydrogens is 1580 g/mol. The summed E-state index contributed by atoms with van der Waals surface area (Å²) < 4.78 is 153. The van der Waals surface area contributed by atoms with E-state index in [4.69, 9.17) is 49.3 Å². The van der Waals surface area contributed by atoms with Crippen molar-refractivity contribution in [3.8, 4) is 11.5 Å². The molecule has 8 heterocycles. The molecule has 1 unspecified atom stereocenters. The van der Waals surface area contributed by atoms with Crippen LogP contribution in [0.3, 0.4) is 0 Å². The molecule has 3 atom stereocenters. The summed E-state index contributed by atoms with van der Waals surface area (Å²) in [5, 5.41) is 37.8. The fourth-order valence-corrected chi connectivity index (χ4v) is 13.8. The topological polar surface area (TPSA) is 307 Å². The first-order valence-corrected chi connectivity index (χ1v) is 39.4. The van der Waals surface area contributed by atoms with Crippen LogP contribution in [0.4, 0.5) is 39.6 Å². The van der Waals surface area contributed by atoms with E-state index in [1.807, 2.05) is 112 Å². The Balaban J connectivity index is 0.000000201. The van der Waals surface area contributed by atoms with Crippen LogP contribution in [0, 0.1) is 0 Å². The minimum atomic E-state index is -5.08. The number of benzene rings is 4. The second-order valence-corrected chi connectivity index (χ2v) is 29.2. The number of nitrogens with one attached hydrogen (secondary N) is 4. The van der Waals surface area contributed by atoms with Crippen LogP contribution < -0.4 is 20.1 Å². The molecule has 3 aromatic heterocycles. The number of aliphatic carboxylic acids is 1. The highest BCUT2D eigenvalue weighted by molar-refractivity contribution is 6.63. The Morgan fingerprint density at radius 1 is 0.608 bits per heavy atom. The third-order valence-corrected chi connectivity index (χ3v) is 19.3. The highest BCUT2D eigenvalue weighted by Crippen LogP contribution is 2.50. The molecule has 7 N–H and O–H groups in total. The minimum absolute atomic E-state index is 0.00868. The van der Waals surface area contributed by atoms with Crippen LogP contribution in [-0.2, 0) is 58.9 Å². The number of H-pyrrole nitrogens is 2. The number of nitrogens with zero attached hydrogens (tertiary/aromatic N) is 4. The lowest BCUT2D eigenvalue weighted by molar-refractivity contribution is -0.361. The van der Waals surface area contributed by atoms with Crippen LogP contribution in [0.15, 0.2) is 199 Å². The number of aliphatic hydroxyl groups excluding tert-OH is 2. The molecule has 644 valence electrons. The van der Waals surface area contributed by atoms with Gasteiger partial charge in [-0.15, -0.1) is 5.06 Å². The third kappa shape index (κ3) is 26.4. The number of imide groups is 1. The molecule has 1 saturated heterocycles. The first-order chi connectivity index (χ1) is 58.0. The quantitative estimate of drug-likeness (QED) is 0.00824. The molecule has 0 bridgehead atoms. The number of hydroxylamine groups is 2. The number of fused-ring (bicyclic) bond motifs is 6. The first-order valence-electron chi connectivity index (χ1n) is 40.1. The van der Waals surface area contributed by atoms with Gasteiger partial charge in [-0.2, -0.15) is 13.2 Å². The van der Waals surface area contributed by atoms with Crippen molar-refractivity contribution in [1.82, 2.24) is 30.1 Å². The van der Waals surface area contributed by atoms with Gasteiger partial charge in [-0.3, -0.25) is 18.8 Å². The molecule has 1 aliphatic carbocycles. The number of aliphatic hydroxyl groups is 2. The largest absolute Gasteiger partial charge is 0.737 e. The average molecular weight is 1680 g/mol. The maximum Gasteiger partial charge on any atom is 0.737 e. The molecule has 0 spiro atoms. The number of halogens is 8. The van der Waals surface area contributed by atoms with E-state index in [0.29, 0.717) is 135 Å². The normalized spacial score (nSPS) is 16.4. The summed E-state index contributed by atoms with van der Waals surface area (Å²) >= 11 is 0. The summed E-state index contributed by atoms with van der Waals surface area (Å²) in [5.74, 6) is -4.41. The number of alkyl halides is 4. The number of aromatic amines is 2. The van der Waals surface area contributed by atoms with Gasteiger partial charge in [0.15, 0.2) is 22.8 Å². The molecular formula is C85H100B2F8N8O17. The van der Waals surface area contributed by atoms with Crippen molar-refractivity contribution in [2.24, 2.45) is 0 Å². The Kier molecular flexibility index (Phi) is 33.9. The van der Waals surface area contributed by atoms with Gasteiger partial charge in [0.1, 0.15) is 41.7 Å². The van der Waals surface area contributed by atoms with Crippen molar-refractivity contribution in [3.05, 3.63) is 222 Å². The summed E-state index contributed by atoms with van der Waals surface area (Å²) in [5.41, 5.74) is 4.16. The van der Waals surface area contributed by atoms with Crippen LogP contribution in [0.2, 0.25) is 5.82 Å². The molecule has 7 aromatic rings. The number of carboxylic acid groups (broad SMARTS) is 1. The van der Waals surface area contributed by atoms with E-state index in [1.54, 1.807) is 91.3 Å². The van der Waals surface area contributed by atoms with Gasteiger partial charge in [0.2, 0.25) is 5.91 Å². The van der Waals surface area contributed by atoms with Crippen molar-refractivity contribution in [1.29, 1.82) is 0 Å². The monoisotopic (exact) mass is 1680 g/mol. The zero-order valence-corrected chi connectivity index (χ0v) is 66.8. The molecule has 6 aliphatic rings. The molecule has 5 aliphatic heterocycles. The van der Waals surface area contributed by atoms with E-state index in [2.05, 4.69) is 20.6 Å². The Bertz CT molecular complexity index is 4900. The van der Waals surface area contributed by atoms with E-state index in [0.717, 1.165) is 72.2 Å².